The van der Waals surface area contributed by atoms with Crippen molar-refractivity contribution in [2.75, 3.05) is 19.7 Å². The van der Waals surface area contributed by atoms with Crippen molar-refractivity contribution in [1.82, 2.24) is 20.8 Å². The van der Waals surface area contributed by atoms with Crippen molar-refractivity contribution in [3.8, 4) is 0 Å². The Balaban J connectivity index is 1.68. The number of benzene rings is 1. The van der Waals surface area contributed by atoms with E-state index in [1.807, 2.05) is 25.1 Å². The van der Waals surface area contributed by atoms with E-state index in [9.17, 15) is 0 Å². The van der Waals surface area contributed by atoms with Crippen molar-refractivity contribution in [2.24, 2.45) is 4.99 Å². The fourth-order valence-corrected chi connectivity index (χ4v) is 2.26. The molecule has 0 amide bonds. The molecule has 0 aliphatic carbocycles. The largest absolute Gasteiger partial charge is 0.374 e. The quantitative estimate of drug-likeness (QED) is 0.413. The lowest BCUT2D eigenvalue weighted by molar-refractivity contribution is 0.0646. The molecule has 1 atom stereocenters. The normalized spacial score (nSPS) is 12.8. The molecular formula is C18H27N5O2. The van der Waals surface area contributed by atoms with Crippen LogP contribution in [0.3, 0.4) is 0 Å². The minimum absolute atomic E-state index is 0.101. The van der Waals surface area contributed by atoms with Crippen LogP contribution in [0.15, 0.2) is 39.8 Å². The third-order valence-electron chi connectivity index (χ3n) is 3.54. The molecule has 1 aromatic heterocycles. The van der Waals surface area contributed by atoms with E-state index in [2.05, 4.69) is 44.8 Å². The van der Waals surface area contributed by atoms with Crippen LogP contribution in [0.25, 0.3) is 0 Å². The second kappa shape index (κ2) is 10.5. The van der Waals surface area contributed by atoms with Gasteiger partial charge in [-0.15, -0.1) is 0 Å². The van der Waals surface area contributed by atoms with Gasteiger partial charge in [0.2, 0.25) is 5.89 Å². The van der Waals surface area contributed by atoms with E-state index in [0.717, 1.165) is 25.5 Å². The number of rotatable bonds is 9. The summed E-state index contributed by atoms with van der Waals surface area (Å²) in [7, 11) is 0. The molecule has 0 aliphatic heterocycles. The molecule has 7 heteroatoms. The van der Waals surface area contributed by atoms with Crippen LogP contribution in [-0.2, 0) is 11.3 Å². The summed E-state index contributed by atoms with van der Waals surface area (Å²) in [5, 5.41) is 10.3. The van der Waals surface area contributed by atoms with E-state index in [1.165, 1.54) is 5.56 Å². The molecule has 2 rings (SSSR count). The summed E-state index contributed by atoms with van der Waals surface area (Å²) >= 11 is 0. The molecule has 2 N–H and O–H groups in total. The Labute approximate surface area is 148 Å². The molecule has 0 saturated heterocycles. The number of aliphatic imine (C=N–C) groups is 1. The minimum atomic E-state index is 0.101. The summed E-state index contributed by atoms with van der Waals surface area (Å²) in [6.45, 7) is 8.50. The second-order valence-electron chi connectivity index (χ2n) is 5.63. The number of aryl methyl sites for hydroxylation is 1. The van der Waals surface area contributed by atoms with Gasteiger partial charge < -0.3 is 19.9 Å². The standard InChI is InChI=1S/C18H27N5O2/c1-4-19-18(21-13-17-22-15(3)25-23-17)20-11-8-12-24-14(2)16-9-6-5-7-10-16/h5-7,9-10,14H,4,8,11-13H2,1-3H3,(H2,19,20,21). The number of nitrogens with zero attached hydrogens (tertiary/aromatic N) is 3. The number of ether oxygens (including phenoxy) is 1. The maximum Gasteiger partial charge on any atom is 0.223 e. The first-order valence-electron chi connectivity index (χ1n) is 8.67. The van der Waals surface area contributed by atoms with E-state index in [1.54, 1.807) is 6.92 Å². The fourth-order valence-electron chi connectivity index (χ4n) is 2.26. The van der Waals surface area contributed by atoms with E-state index in [-0.39, 0.29) is 6.10 Å². The van der Waals surface area contributed by atoms with Crippen LogP contribution in [0, 0.1) is 6.92 Å². The molecule has 0 aliphatic rings. The van der Waals surface area contributed by atoms with Gasteiger partial charge in [-0.25, -0.2) is 4.99 Å². The zero-order valence-electron chi connectivity index (χ0n) is 15.2. The maximum atomic E-state index is 5.87. The topological polar surface area (TPSA) is 84.6 Å². The molecule has 0 fully saturated rings. The monoisotopic (exact) mass is 345 g/mol. The molecule has 2 aromatic rings. The Kier molecular flexibility index (Phi) is 7.91. The predicted molar refractivity (Wildman–Crippen MR) is 97.3 cm³/mol. The summed E-state index contributed by atoms with van der Waals surface area (Å²) in [5.41, 5.74) is 1.20. The minimum Gasteiger partial charge on any atom is -0.374 e. The number of hydrogen-bond acceptors (Lipinski definition) is 5. The van der Waals surface area contributed by atoms with Gasteiger partial charge >= 0.3 is 0 Å². The maximum absolute atomic E-state index is 5.87. The summed E-state index contributed by atoms with van der Waals surface area (Å²) in [5.74, 6) is 1.86. The van der Waals surface area contributed by atoms with Crippen LogP contribution in [0.5, 0.6) is 0 Å². The lowest BCUT2D eigenvalue weighted by atomic mass is 10.1. The van der Waals surface area contributed by atoms with Crippen LogP contribution in [-0.4, -0.2) is 35.8 Å². The van der Waals surface area contributed by atoms with E-state index < -0.39 is 0 Å². The van der Waals surface area contributed by atoms with Gasteiger partial charge in [-0.1, -0.05) is 35.5 Å². The molecule has 1 aromatic carbocycles. The Morgan fingerprint density at radius 1 is 1.28 bits per heavy atom. The van der Waals surface area contributed by atoms with Crippen LogP contribution in [0.2, 0.25) is 0 Å². The van der Waals surface area contributed by atoms with Gasteiger partial charge in [0.25, 0.3) is 0 Å². The van der Waals surface area contributed by atoms with Crippen molar-refractivity contribution in [3.05, 3.63) is 47.6 Å². The molecule has 0 saturated carbocycles. The number of guanidine groups is 1. The van der Waals surface area contributed by atoms with Crippen molar-refractivity contribution >= 4 is 5.96 Å². The van der Waals surface area contributed by atoms with E-state index in [4.69, 9.17) is 9.26 Å². The highest BCUT2D eigenvalue weighted by atomic mass is 16.5. The molecule has 0 bridgehead atoms. The average molecular weight is 345 g/mol. The van der Waals surface area contributed by atoms with Crippen LogP contribution < -0.4 is 10.6 Å². The van der Waals surface area contributed by atoms with Crippen LogP contribution in [0.1, 0.15) is 43.7 Å². The smallest absolute Gasteiger partial charge is 0.223 e. The number of nitrogens with one attached hydrogen (secondary N) is 2. The lowest BCUT2D eigenvalue weighted by Crippen LogP contribution is -2.38. The molecule has 136 valence electrons. The van der Waals surface area contributed by atoms with Gasteiger partial charge in [-0.3, -0.25) is 0 Å². The fraction of sp³-hybridized carbons (Fsp3) is 0.500. The van der Waals surface area contributed by atoms with Crippen molar-refractivity contribution in [3.63, 3.8) is 0 Å². The number of aromatic nitrogens is 2. The molecule has 0 radical (unpaired) electrons. The number of hydrogen-bond donors (Lipinski definition) is 2. The molecule has 25 heavy (non-hydrogen) atoms. The van der Waals surface area contributed by atoms with Gasteiger partial charge in [0.05, 0.1) is 6.10 Å². The van der Waals surface area contributed by atoms with Crippen molar-refractivity contribution < 1.29 is 9.26 Å². The third kappa shape index (κ3) is 6.93. The van der Waals surface area contributed by atoms with E-state index >= 15 is 0 Å². The van der Waals surface area contributed by atoms with E-state index in [0.29, 0.717) is 24.9 Å². The van der Waals surface area contributed by atoms with Gasteiger partial charge in [0, 0.05) is 26.6 Å². The summed E-state index contributed by atoms with van der Waals surface area (Å²) in [6, 6.07) is 10.2. The third-order valence-corrected chi connectivity index (χ3v) is 3.54. The van der Waals surface area contributed by atoms with Crippen LogP contribution in [0.4, 0.5) is 0 Å². The summed E-state index contributed by atoms with van der Waals surface area (Å²) < 4.78 is 10.8. The summed E-state index contributed by atoms with van der Waals surface area (Å²) in [4.78, 5) is 8.59. The SMILES string of the molecule is CCNC(=NCc1noc(C)n1)NCCCOC(C)c1ccccc1. The molecule has 1 heterocycles. The first-order chi connectivity index (χ1) is 12.2. The Morgan fingerprint density at radius 2 is 2.08 bits per heavy atom. The van der Waals surface area contributed by atoms with Gasteiger partial charge in [-0.2, -0.15) is 4.98 Å². The zero-order valence-corrected chi connectivity index (χ0v) is 15.2. The van der Waals surface area contributed by atoms with Gasteiger partial charge in [0.1, 0.15) is 6.54 Å². The molecule has 7 nitrogen and oxygen atoms in total. The summed E-state index contributed by atoms with van der Waals surface area (Å²) in [6.07, 6.45) is 0.993. The Bertz CT molecular complexity index is 642. The van der Waals surface area contributed by atoms with Crippen LogP contribution >= 0.6 is 0 Å². The van der Waals surface area contributed by atoms with Gasteiger partial charge in [0.15, 0.2) is 11.8 Å². The predicted octanol–water partition coefficient (Wildman–Crippen LogP) is 2.60. The molecule has 0 spiro atoms. The first-order valence-corrected chi connectivity index (χ1v) is 8.67. The average Bonchev–Trinajstić information content (AvgIpc) is 3.05. The Morgan fingerprint density at radius 3 is 2.76 bits per heavy atom. The van der Waals surface area contributed by atoms with Crippen molar-refractivity contribution in [1.29, 1.82) is 0 Å². The highest BCUT2D eigenvalue weighted by Crippen LogP contribution is 2.15. The Hall–Kier alpha value is -2.41. The highest BCUT2D eigenvalue weighted by Gasteiger charge is 2.05. The first kappa shape index (κ1) is 18.9. The molecule has 1 unspecified atom stereocenters. The second-order valence-corrected chi connectivity index (χ2v) is 5.63. The van der Waals surface area contributed by atoms with Gasteiger partial charge in [-0.05, 0) is 25.8 Å². The van der Waals surface area contributed by atoms with Crippen molar-refractivity contribution in [2.45, 2.75) is 39.8 Å². The zero-order chi connectivity index (χ0) is 17.9. The molecular weight excluding hydrogens is 318 g/mol. The highest BCUT2D eigenvalue weighted by molar-refractivity contribution is 5.79. The lowest BCUT2D eigenvalue weighted by Gasteiger charge is -2.14.